The molecule has 0 bridgehead atoms. The van der Waals surface area contributed by atoms with Gasteiger partial charge in [-0.25, -0.2) is 9.78 Å². The maximum absolute atomic E-state index is 11.7. The Labute approximate surface area is 112 Å². The minimum Gasteiger partial charge on any atom is -0.449 e. The van der Waals surface area contributed by atoms with Crippen molar-refractivity contribution in [3.8, 4) is 17.2 Å². The molecule has 0 atom stereocenters. The predicted octanol–water partition coefficient (Wildman–Crippen LogP) is 2.66. The zero-order chi connectivity index (χ0) is 14.3. The Morgan fingerprint density at radius 1 is 1.30 bits per heavy atom. The standard InChI is InChI=1S/C14H9NO5/c1-7-2-5-11-9(6-7)15-8-3-4-10(16)13(12(8)19-11)20-14(17)18/h2-6H,1H3,(H,17,18). The lowest BCUT2D eigenvalue weighted by Gasteiger charge is -2.09. The molecule has 1 N–H and O–H groups in total. The molecule has 0 saturated heterocycles. The Morgan fingerprint density at radius 2 is 2.10 bits per heavy atom. The number of carbonyl (C=O) groups is 1. The second-order valence-corrected chi connectivity index (χ2v) is 4.29. The summed E-state index contributed by atoms with van der Waals surface area (Å²) in [6.07, 6.45) is -1.58. The summed E-state index contributed by atoms with van der Waals surface area (Å²) in [5.74, 6) is -0.346. The van der Waals surface area contributed by atoms with E-state index in [0.29, 0.717) is 16.8 Å². The number of nitrogens with zero attached hydrogens (tertiary/aromatic N) is 1. The van der Waals surface area contributed by atoms with E-state index in [2.05, 4.69) is 9.72 Å². The number of ether oxygens (including phenoxy) is 1. The molecule has 20 heavy (non-hydrogen) atoms. The van der Waals surface area contributed by atoms with Crippen LogP contribution < -0.4 is 10.2 Å². The number of rotatable bonds is 1. The van der Waals surface area contributed by atoms with Gasteiger partial charge in [-0.15, -0.1) is 0 Å². The summed E-state index contributed by atoms with van der Waals surface area (Å²) in [4.78, 5) is 26.7. The molecule has 100 valence electrons. The molecule has 1 aliphatic heterocycles. The molecule has 1 aromatic carbocycles. The van der Waals surface area contributed by atoms with E-state index < -0.39 is 11.6 Å². The monoisotopic (exact) mass is 271 g/mol. The van der Waals surface area contributed by atoms with Crippen molar-refractivity contribution >= 4 is 17.3 Å². The molecule has 0 fully saturated rings. The van der Waals surface area contributed by atoms with Crippen molar-refractivity contribution in [2.24, 2.45) is 0 Å². The first kappa shape index (κ1) is 12.2. The van der Waals surface area contributed by atoms with Gasteiger partial charge in [0.15, 0.2) is 11.3 Å². The molecular weight excluding hydrogens is 262 g/mol. The van der Waals surface area contributed by atoms with E-state index in [0.717, 1.165) is 5.56 Å². The topological polar surface area (TPSA) is 89.6 Å². The fourth-order valence-electron chi connectivity index (χ4n) is 1.95. The molecule has 0 radical (unpaired) electrons. The average molecular weight is 271 g/mol. The highest BCUT2D eigenvalue weighted by Gasteiger charge is 2.20. The molecule has 3 rings (SSSR count). The molecule has 0 spiro atoms. The number of benzene rings is 2. The molecule has 2 aliphatic rings. The first-order valence-electron chi connectivity index (χ1n) is 5.79. The lowest BCUT2D eigenvalue weighted by molar-refractivity contribution is 0.143. The summed E-state index contributed by atoms with van der Waals surface area (Å²) >= 11 is 0. The van der Waals surface area contributed by atoms with Crippen molar-refractivity contribution in [3.63, 3.8) is 0 Å². The molecule has 0 aromatic heterocycles. The van der Waals surface area contributed by atoms with E-state index in [9.17, 15) is 9.59 Å². The van der Waals surface area contributed by atoms with E-state index in [4.69, 9.17) is 9.52 Å². The Kier molecular flexibility index (Phi) is 2.64. The van der Waals surface area contributed by atoms with Crippen molar-refractivity contribution in [3.05, 3.63) is 46.1 Å². The van der Waals surface area contributed by atoms with Gasteiger partial charge in [-0.3, -0.25) is 4.79 Å². The van der Waals surface area contributed by atoms with Crippen LogP contribution in [-0.2, 0) is 0 Å². The van der Waals surface area contributed by atoms with Crippen LogP contribution in [0.3, 0.4) is 0 Å². The summed E-state index contributed by atoms with van der Waals surface area (Å²) < 4.78 is 10.1. The van der Waals surface area contributed by atoms with E-state index in [1.54, 1.807) is 6.07 Å². The second-order valence-electron chi connectivity index (χ2n) is 4.29. The van der Waals surface area contributed by atoms with Gasteiger partial charge < -0.3 is 14.3 Å². The van der Waals surface area contributed by atoms with Crippen LogP contribution in [0.15, 0.2) is 39.5 Å². The fourth-order valence-corrected chi connectivity index (χ4v) is 1.95. The van der Waals surface area contributed by atoms with Gasteiger partial charge >= 0.3 is 6.16 Å². The molecule has 0 unspecified atom stereocenters. The summed E-state index contributed by atoms with van der Waals surface area (Å²) in [7, 11) is 0. The second kappa shape index (κ2) is 4.34. The number of aryl methyl sites for hydroxylation is 1. The zero-order valence-electron chi connectivity index (χ0n) is 10.4. The molecule has 6 heteroatoms. The number of fused-ring (bicyclic) bond motifs is 2. The summed E-state index contributed by atoms with van der Waals surface area (Å²) in [6.45, 7) is 1.92. The van der Waals surface area contributed by atoms with Crippen LogP contribution in [0.25, 0.3) is 22.6 Å². The Hall–Kier alpha value is -2.89. The SMILES string of the molecule is Cc1ccc2oc3c(OC(=O)O)c(=O)ccc-3nc2c1. The van der Waals surface area contributed by atoms with Gasteiger partial charge in [-0.1, -0.05) is 6.07 Å². The van der Waals surface area contributed by atoms with Gasteiger partial charge in [0.25, 0.3) is 0 Å². The third-order valence-corrected chi connectivity index (χ3v) is 2.81. The van der Waals surface area contributed by atoms with Crippen molar-refractivity contribution in [2.75, 3.05) is 0 Å². The van der Waals surface area contributed by atoms with Crippen molar-refractivity contribution < 1.29 is 19.1 Å². The number of carboxylic acid groups (broad SMARTS) is 1. The first-order valence-corrected chi connectivity index (χ1v) is 5.79. The van der Waals surface area contributed by atoms with Crippen molar-refractivity contribution in [1.82, 2.24) is 4.98 Å². The largest absolute Gasteiger partial charge is 0.511 e. The minimum absolute atomic E-state index is 0.0243. The van der Waals surface area contributed by atoms with Gasteiger partial charge in [0.05, 0.1) is 0 Å². The van der Waals surface area contributed by atoms with Crippen LogP contribution in [-0.4, -0.2) is 16.2 Å². The lowest BCUT2D eigenvalue weighted by Crippen LogP contribution is -2.13. The highest BCUT2D eigenvalue weighted by molar-refractivity contribution is 5.79. The molecule has 1 heterocycles. The molecular formula is C14H9NO5. The van der Waals surface area contributed by atoms with Crippen molar-refractivity contribution in [2.45, 2.75) is 6.92 Å². The number of aromatic nitrogens is 1. The summed E-state index contributed by atoms with van der Waals surface area (Å²) in [5, 5.41) is 8.68. The quantitative estimate of drug-likeness (QED) is 0.415. The molecule has 6 nitrogen and oxygen atoms in total. The zero-order valence-corrected chi connectivity index (χ0v) is 10.4. The maximum Gasteiger partial charge on any atom is 0.511 e. The Morgan fingerprint density at radius 3 is 2.85 bits per heavy atom. The fraction of sp³-hybridized carbons (Fsp3) is 0.0714. The molecule has 0 amide bonds. The average Bonchev–Trinajstić information content (AvgIpc) is 2.40. The van der Waals surface area contributed by atoms with E-state index in [1.165, 1.54) is 12.1 Å². The Bertz CT molecular complexity index is 852. The predicted molar refractivity (Wildman–Crippen MR) is 70.3 cm³/mol. The lowest BCUT2D eigenvalue weighted by atomic mass is 10.2. The summed E-state index contributed by atoms with van der Waals surface area (Å²) in [6, 6.07) is 8.04. The van der Waals surface area contributed by atoms with Crippen LogP contribution in [0.2, 0.25) is 0 Å². The van der Waals surface area contributed by atoms with Crippen molar-refractivity contribution in [1.29, 1.82) is 0 Å². The first-order chi connectivity index (χ1) is 9.54. The van der Waals surface area contributed by atoms with E-state index in [-0.39, 0.29) is 11.5 Å². The molecule has 1 aliphatic carbocycles. The van der Waals surface area contributed by atoms with Crippen LogP contribution in [0.5, 0.6) is 5.75 Å². The normalized spacial score (nSPS) is 10.8. The molecule has 0 saturated carbocycles. The van der Waals surface area contributed by atoms with Gasteiger partial charge in [-0.05, 0) is 36.8 Å². The molecule has 1 aromatic rings. The van der Waals surface area contributed by atoms with Crippen LogP contribution in [0.1, 0.15) is 5.56 Å². The number of hydrogen-bond donors (Lipinski definition) is 1. The third-order valence-electron chi connectivity index (χ3n) is 2.81. The van der Waals surface area contributed by atoms with Crippen LogP contribution in [0.4, 0.5) is 4.79 Å². The highest BCUT2D eigenvalue weighted by Crippen LogP contribution is 2.30. The van der Waals surface area contributed by atoms with Gasteiger partial charge in [0, 0.05) is 0 Å². The highest BCUT2D eigenvalue weighted by atomic mass is 16.7. The van der Waals surface area contributed by atoms with Crippen LogP contribution in [0, 0.1) is 6.92 Å². The maximum atomic E-state index is 11.7. The van der Waals surface area contributed by atoms with Crippen LogP contribution >= 0.6 is 0 Å². The number of hydrogen-bond acceptors (Lipinski definition) is 5. The Balaban J connectivity index is 2.36. The van der Waals surface area contributed by atoms with Gasteiger partial charge in [0.2, 0.25) is 11.2 Å². The van der Waals surface area contributed by atoms with Gasteiger partial charge in [0.1, 0.15) is 11.2 Å². The van der Waals surface area contributed by atoms with Gasteiger partial charge in [-0.2, -0.15) is 0 Å². The third kappa shape index (κ3) is 1.97. The smallest absolute Gasteiger partial charge is 0.449 e. The van der Waals surface area contributed by atoms with E-state index in [1.807, 2.05) is 19.1 Å². The van der Waals surface area contributed by atoms with E-state index >= 15 is 0 Å². The minimum atomic E-state index is -1.58. The summed E-state index contributed by atoms with van der Waals surface area (Å²) in [5.41, 5.74) is 1.87.